The molecule has 2 amide bonds. The van der Waals surface area contributed by atoms with Crippen molar-refractivity contribution in [1.82, 2.24) is 15.1 Å². The SMILES string of the molecule is Cc1cc(Cl)c(OCCOc2ccc(C3=C(C(=O)N(Cc4cccc(C(F)(F)F)c4)C4CC4)[C@H]4CNC[C@@H](C3)N4C(=O)O)cc2)cc1C. The molecule has 2 heterocycles. The number of carbonyl (C=O) groups excluding carboxylic acids is 1. The van der Waals surface area contributed by atoms with Crippen LogP contribution in [0, 0.1) is 13.8 Å². The lowest BCUT2D eigenvalue weighted by atomic mass is 9.82. The molecule has 3 aliphatic rings. The van der Waals surface area contributed by atoms with Crippen molar-refractivity contribution in [2.24, 2.45) is 0 Å². The minimum atomic E-state index is -4.51. The summed E-state index contributed by atoms with van der Waals surface area (Å²) < 4.78 is 52.1. The van der Waals surface area contributed by atoms with Crippen molar-refractivity contribution in [2.75, 3.05) is 26.3 Å². The molecule has 2 N–H and O–H groups in total. The third kappa shape index (κ3) is 7.27. The lowest BCUT2D eigenvalue weighted by Crippen LogP contribution is -2.63. The Morgan fingerprint density at radius 1 is 1.00 bits per heavy atom. The Hall–Kier alpha value is -4.22. The van der Waals surface area contributed by atoms with E-state index in [0.29, 0.717) is 40.6 Å². The first kappa shape index (κ1) is 33.7. The monoisotopic (exact) mass is 683 g/mol. The van der Waals surface area contributed by atoms with E-state index < -0.39 is 23.9 Å². The fourth-order valence-corrected chi connectivity index (χ4v) is 6.78. The van der Waals surface area contributed by atoms with Crippen LogP contribution in [0.2, 0.25) is 5.02 Å². The van der Waals surface area contributed by atoms with Gasteiger partial charge in [0.05, 0.1) is 22.7 Å². The molecule has 1 saturated heterocycles. The number of halogens is 4. The molecule has 1 aliphatic carbocycles. The zero-order valence-electron chi connectivity index (χ0n) is 26.6. The number of benzene rings is 3. The molecule has 3 aromatic carbocycles. The quantitative estimate of drug-likeness (QED) is 0.222. The minimum absolute atomic E-state index is 0.0108. The van der Waals surface area contributed by atoms with Crippen molar-refractivity contribution < 1.29 is 37.3 Å². The van der Waals surface area contributed by atoms with Gasteiger partial charge in [0.25, 0.3) is 5.91 Å². The van der Waals surface area contributed by atoms with Gasteiger partial charge in [0.2, 0.25) is 0 Å². The Morgan fingerprint density at radius 2 is 1.71 bits per heavy atom. The molecule has 0 unspecified atom stereocenters. The first-order valence-corrected chi connectivity index (χ1v) is 16.3. The van der Waals surface area contributed by atoms with E-state index >= 15 is 0 Å². The Labute approximate surface area is 282 Å². The first-order valence-electron chi connectivity index (χ1n) is 16.0. The number of aryl methyl sites for hydroxylation is 2. The molecular formula is C36H37ClF3N3O5. The van der Waals surface area contributed by atoms with Crippen molar-refractivity contribution in [2.45, 2.75) is 64.0 Å². The number of fused-ring (bicyclic) bond motifs is 2. The number of amides is 2. The number of carbonyl (C=O) groups is 2. The highest BCUT2D eigenvalue weighted by molar-refractivity contribution is 6.32. The number of hydrogen-bond acceptors (Lipinski definition) is 5. The van der Waals surface area contributed by atoms with E-state index in [9.17, 15) is 27.9 Å². The standard InChI is InChI=1S/C36H37ClF3N3O5/c1-21-14-30(37)32(15-22(21)2)48-13-12-47-28-10-6-24(7-11-28)29-17-27-18-41-19-31(43(27)35(45)46)33(29)34(44)42(26-8-9-26)20-23-4-3-5-25(16-23)36(38,39)40/h3-7,10-11,14-16,26-27,31,41H,8-9,12-13,17-20H2,1-2H3,(H,45,46)/t27-,31-/m1/s1. The molecule has 8 nitrogen and oxygen atoms in total. The maximum Gasteiger partial charge on any atom is 0.416 e. The number of hydrogen-bond donors (Lipinski definition) is 2. The van der Waals surface area contributed by atoms with Gasteiger partial charge in [-0.25, -0.2) is 4.79 Å². The highest BCUT2D eigenvalue weighted by Gasteiger charge is 2.46. The van der Waals surface area contributed by atoms with Gasteiger partial charge < -0.3 is 24.8 Å². The van der Waals surface area contributed by atoms with E-state index in [1.807, 2.05) is 38.1 Å². The van der Waals surface area contributed by atoms with Crippen molar-refractivity contribution in [1.29, 1.82) is 0 Å². The van der Waals surface area contributed by atoms with Gasteiger partial charge >= 0.3 is 12.3 Å². The molecule has 3 aromatic rings. The fourth-order valence-electron chi connectivity index (χ4n) is 6.51. The molecule has 48 heavy (non-hydrogen) atoms. The van der Waals surface area contributed by atoms with Crippen LogP contribution in [-0.4, -0.2) is 71.3 Å². The summed E-state index contributed by atoms with van der Waals surface area (Å²) in [5.74, 6) is 0.825. The second-order valence-electron chi connectivity index (χ2n) is 12.6. The van der Waals surface area contributed by atoms with E-state index in [4.69, 9.17) is 21.1 Å². The summed E-state index contributed by atoms with van der Waals surface area (Å²) in [4.78, 5) is 29.9. The predicted octanol–water partition coefficient (Wildman–Crippen LogP) is 7.10. The second-order valence-corrected chi connectivity index (χ2v) is 13.0. The van der Waals surface area contributed by atoms with Crippen molar-refractivity contribution in [3.8, 4) is 11.5 Å². The number of ether oxygens (including phenoxy) is 2. The van der Waals surface area contributed by atoms with Crippen LogP contribution >= 0.6 is 11.6 Å². The van der Waals surface area contributed by atoms with Gasteiger partial charge in [0.15, 0.2) is 0 Å². The summed E-state index contributed by atoms with van der Waals surface area (Å²) in [5, 5.41) is 14.0. The van der Waals surface area contributed by atoms with Crippen molar-refractivity contribution >= 4 is 29.2 Å². The molecule has 2 aliphatic heterocycles. The third-order valence-electron chi connectivity index (χ3n) is 9.21. The second kappa shape index (κ2) is 13.7. The van der Waals surface area contributed by atoms with Crippen LogP contribution in [0.25, 0.3) is 5.57 Å². The van der Waals surface area contributed by atoms with Gasteiger partial charge in [-0.1, -0.05) is 35.9 Å². The normalized spacial score (nSPS) is 19.2. The molecule has 0 radical (unpaired) electrons. The number of nitrogens with one attached hydrogen (secondary N) is 1. The average molecular weight is 684 g/mol. The molecule has 12 heteroatoms. The Morgan fingerprint density at radius 3 is 2.40 bits per heavy atom. The van der Waals surface area contributed by atoms with Crippen molar-refractivity contribution in [3.05, 3.63) is 99.1 Å². The van der Waals surface area contributed by atoms with Crippen molar-refractivity contribution in [3.63, 3.8) is 0 Å². The van der Waals surface area contributed by atoms with Crippen LogP contribution < -0.4 is 14.8 Å². The van der Waals surface area contributed by atoms with E-state index in [1.54, 1.807) is 23.1 Å². The molecule has 2 fully saturated rings. The highest BCUT2D eigenvalue weighted by Crippen LogP contribution is 2.40. The largest absolute Gasteiger partial charge is 0.490 e. The minimum Gasteiger partial charge on any atom is -0.490 e. The summed E-state index contributed by atoms with van der Waals surface area (Å²) in [6, 6.07) is 14.8. The molecule has 6 rings (SSSR count). The van der Waals surface area contributed by atoms with E-state index in [0.717, 1.165) is 47.2 Å². The highest BCUT2D eigenvalue weighted by atomic mass is 35.5. The van der Waals surface area contributed by atoms with Gasteiger partial charge in [0, 0.05) is 31.2 Å². The van der Waals surface area contributed by atoms with Gasteiger partial charge in [-0.2, -0.15) is 13.2 Å². The zero-order chi connectivity index (χ0) is 34.2. The molecule has 2 bridgehead atoms. The number of alkyl halides is 3. The smallest absolute Gasteiger partial charge is 0.416 e. The van der Waals surface area contributed by atoms with Crippen LogP contribution in [0.4, 0.5) is 18.0 Å². The summed E-state index contributed by atoms with van der Waals surface area (Å²) in [5.41, 5.74) is 3.59. The van der Waals surface area contributed by atoms with E-state index in [1.165, 1.54) is 11.0 Å². The van der Waals surface area contributed by atoms with Crippen LogP contribution in [-0.2, 0) is 17.5 Å². The molecule has 254 valence electrons. The number of nitrogens with zero attached hydrogens (tertiary/aromatic N) is 2. The molecule has 2 atom stereocenters. The maximum atomic E-state index is 14.5. The summed E-state index contributed by atoms with van der Waals surface area (Å²) in [7, 11) is 0. The van der Waals surface area contributed by atoms with Crippen LogP contribution in [0.15, 0.2) is 66.2 Å². The molecule has 0 spiro atoms. The van der Waals surface area contributed by atoms with Gasteiger partial charge in [-0.05, 0) is 97.3 Å². The Balaban J connectivity index is 1.25. The molecule has 0 aromatic heterocycles. The number of rotatable bonds is 10. The molecule has 1 saturated carbocycles. The summed E-state index contributed by atoms with van der Waals surface area (Å²) in [6.45, 7) is 5.19. The lowest BCUT2D eigenvalue weighted by Gasteiger charge is -2.47. The van der Waals surface area contributed by atoms with Crippen LogP contribution in [0.5, 0.6) is 11.5 Å². The summed E-state index contributed by atoms with van der Waals surface area (Å²) in [6.07, 6.45) is -3.85. The fraction of sp³-hybridized carbons (Fsp3) is 0.389. The van der Waals surface area contributed by atoms with E-state index in [-0.39, 0.29) is 44.3 Å². The lowest BCUT2D eigenvalue weighted by molar-refractivity contribution is -0.137. The summed E-state index contributed by atoms with van der Waals surface area (Å²) >= 11 is 6.31. The first-order chi connectivity index (χ1) is 22.9. The average Bonchev–Trinajstić information content (AvgIpc) is 3.89. The van der Waals surface area contributed by atoms with Crippen LogP contribution in [0.3, 0.4) is 0 Å². The van der Waals surface area contributed by atoms with Gasteiger partial charge in [0.1, 0.15) is 24.7 Å². The topological polar surface area (TPSA) is 91.3 Å². The number of piperazine rings is 1. The van der Waals surface area contributed by atoms with Crippen LogP contribution in [0.1, 0.15) is 47.1 Å². The Kier molecular flexibility index (Phi) is 9.62. The zero-order valence-corrected chi connectivity index (χ0v) is 27.4. The van der Waals surface area contributed by atoms with E-state index in [2.05, 4.69) is 5.32 Å². The Bertz CT molecular complexity index is 1720. The maximum absolute atomic E-state index is 14.5. The number of carboxylic acid groups (broad SMARTS) is 1. The third-order valence-corrected chi connectivity index (χ3v) is 9.51. The van der Waals surface area contributed by atoms with Gasteiger partial charge in [-0.15, -0.1) is 0 Å². The molecular weight excluding hydrogens is 647 g/mol. The predicted molar refractivity (Wildman–Crippen MR) is 175 cm³/mol. The van der Waals surface area contributed by atoms with Gasteiger partial charge in [-0.3, -0.25) is 9.69 Å².